The van der Waals surface area contributed by atoms with Crippen molar-refractivity contribution in [1.82, 2.24) is 30.4 Å². The molecule has 10 nitrogen and oxygen atoms in total. The van der Waals surface area contributed by atoms with Crippen LogP contribution in [0.15, 0.2) is 18.7 Å². The van der Waals surface area contributed by atoms with Crippen molar-refractivity contribution < 1.29 is 9.59 Å². The van der Waals surface area contributed by atoms with E-state index in [0.717, 1.165) is 41.3 Å². The molecule has 0 spiro atoms. The maximum Gasteiger partial charge on any atom is 0.230 e. The number of nitrogens with one attached hydrogen (secondary N) is 2. The Morgan fingerprint density at radius 2 is 1.80 bits per heavy atom. The minimum Gasteiger partial charge on any atom is -0.301 e. The molecule has 1 fully saturated rings. The number of hydrogen-bond donors (Lipinski definition) is 2. The summed E-state index contributed by atoms with van der Waals surface area (Å²) in [5.41, 5.74) is 0.747. The average Bonchev–Trinajstić information content (AvgIpc) is 3.44. The highest BCUT2D eigenvalue weighted by Crippen LogP contribution is 2.41. The van der Waals surface area contributed by atoms with Gasteiger partial charge in [-0.05, 0) is 30.7 Å². The van der Waals surface area contributed by atoms with E-state index in [1.165, 1.54) is 35.9 Å². The lowest BCUT2D eigenvalue weighted by molar-refractivity contribution is -0.116. The van der Waals surface area contributed by atoms with Crippen LogP contribution in [0.4, 0.5) is 10.3 Å². The van der Waals surface area contributed by atoms with Crippen LogP contribution in [-0.2, 0) is 22.4 Å². The van der Waals surface area contributed by atoms with Gasteiger partial charge in [0.1, 0.15) is 16.3 Å². The molecule has 0 unspecified atom stereocenters. The van der Waals surface area contributed by atoms with Gasteiger partial charge in [-0.2, -0.15) is 0 Å². The summed E-state index contributed by atoms with van der Waals surface area (Å²) < 4.78 is 0. The van der Waals surface area contributed by atoms with E-state index in [1.807, 2.05) is 0 Å². The molecular formula is C18H20N8O2S2. The first kappa shape index (κ1) is 20.4. The van der Waals surface area contributed by atoms with Gasteiger partial charge in [0.05, 0.1) is 6.42 Å². The Balaban J connectivity index is 1.28. The molecular weight excluding hydrogens is 424 g/mol. The van der Waals surface area contributed by atoms with Crippen molar-refractivity contribution in [3.8, 4) is 0 Å². The summed E-state index contributed by atoms with van der Waals surface area (Å²) in [5, 5.41) is 25.0. The minimum atomic E-state index is -0.164. The van der Waals surface area contributed by atoms with E-state index in [4.69, 9.17) is 0 Å². The molecule has 12 heteroatoms. The van der Waals surface area contributed by atoms with Gasteiger partial charge in [0, 0.05) is 31.7 Å². The summed E-state index contributed by atoms with van der Waals surface area (Å²) in [4.78, 5) is 31.1. The van der Waals surface area contributed by atoms with Crippen LogP contribution in [0.2, 0.25) is 0 Å². The van der Waals surface area contributed by atoms with E-state index in [1.54, 1.807) is 12.4 Å². The fourth-order valence-electron chi connectivity index (χ4n) is 3.49. The second-order valence-corrected chi connectivity index (χ2v) is 9.25. The number of aromatic nitrogens is 6. The van der Waals surface area contributed by atoms with Gasteiger partial charge in [-0.1, -0.05) is 22.7 Å². The summed E-state index contributed by atoms with van der Waals surface area (Å²) in [5.74, 6) is 0.523. The average molecular weight is 445 g/mol. The molecule has 3 aromatic rings. The van der Waals surface area contributed by atoms with Crippen molar-refractivity contribution in [2.24, 2.45) is 5.92 Å². The minimum absolute atomic E-state index is 0.144. The van der Waals surface area contributed by atoms with Gasteiger partial charge in [0.2, 0.25) is 22.1 Å². The number of nitrogens with zero attached hydrogens (tertiary/aromatic N) is 6. The highest BCUT2D eigenvalue weighted by atomic mass is 32.1. The zero-order valence-corrected chi connectivity index (χ0v) is 17.9. The molecule has 4 rings (SSSR count). The van der Waals surface area contributed by atoms with Gasteiger partial charge >= 0.3 is 0 Å². The van der Waals surface area contributed by atoms with Gasteiger partial charge in [-0.25, -0.2) is 9.97 Å². The first-order valence-corrected chi connectivity index (χ1v) is 11.2. The van der Waals surface area contributed by atoms with Crippen molar-refractivity contribution in [3.63, 3.8) is 0 Å². The van der Waals surface area contributed by atoms with Gasteiger partial charge in [0.15, 0.2) is 0 Å². The second-order valence-electron chi connectivity index (χ2n) is 7.18. The highest BCUT2D eigenvalue weighted by Gasteiger charge is 2.29. The lowest BCUT2D eigenvalue weighted by Crippen LogP contribution is -2.14. The molecule has 2 amide bonds. The Hall–Kier alpha value is -2.86. The third-order valence-electron chi connectivity index (χ3n) is 4.77. The normalized spacial score (nSPS) is 18.3. The van der Waals surface area contributed by atoms with E-state index in [-0.39, 0.29) is 18.2 Å². The van der Waals surface area contributed by atoms with Gasteiger partial charge < -0.3 is 10.6 Å². The summed E-state index contributed by atoms with van der Waals surface area (Å²) in [7, 11) is 0. The highest BCUT2D eigenvalue weighted by molar-refractivity contribution is 7.15. The van der Waals surface area contributed by atoms with Crippen LogP contribution in [0.5, 0.6) is 0 Å². The van der Waals surface area contributed by atoms with Crippen LogP contribution in [0.3, 0.4) is 0 Å². The topological polar surface area (TPSA) is 136 Å². The SMILES string of the molecule is CC(=O)Nc1nnc(C[C@@H]2CC[C@H](c3nnc(NC(=O)Cc4cncnc4)s3)C2)s1. The van der Waals surface area contributed by atoms with E-state index in [9.17, 15) is 9.59 Å². The van der Waals surface area contributed by atoms with E-state index in [2.05, 4.69) is 41.0 Å². The van der Waals surface area contributed by atoms with Gasteiger partial charge in [-0.3, -0.25) is 9.59 Å². The maximum atomic E-state index is 12.2. The first-order valence-electron chi connectivity index (χ1n) is 9.52. The molecule has 0 saturated heterocycles. The number of hydrogen-bond acceptors (Lipinski definition) is 10. The third kappa shape index (κ3) is 5.39. The molecule has 0 aromatic carbocycles. The number of carbonyl (C=O) groups excluding carboxylic acids is 2. The van der Waals surface area contributed by atoms with Crippen molar-refractivity contribution in [1.29, 1.82) is 0 Å². The number of amides is 2. The van der Waals surface area contributed by atoms with Gasteiger partial charge in [-0.15, -0.1) is 20.4 Å². The summed E-state index contributed by atoms with van der Waals surface area (Å²) in [6.07, 6.45) is 8.82. The smallest absolute Gasteiger partial charge is 0.230 e. The van der Waals surface area contributed by atoms with Crippen LogP contribution >= 0.6 is 22.7 Å². The molecule has 0 radical (unpaired) electrons. The maximum absolute atomic E-state index is 12.2. The third-order valence-corrected chi connectivity index (χ3v) is 6.63. The number of rotatable bonds is 7. The molecule has 1 aliphatic carbocycles. The van der Waals surface area contributed by atoms with Crippen molar-refractivity contribution in [3.05, 3.63) is 34.3 Å². The molecule has 2 atom stereocenters. The predicted octanol–water partition coefficient (Wildman–Crippen LogP) is 2.45. The van der Waals surface area contributed by atoms with E-state index >= 15 is 0 Å². The summed E-state index contributed by atoms with van der Waals surface area (Å²) in [6, 6.07) is 0. The lowest BCUT2D eigenvalue weighted by atomic mass is 10.0. The molecule has 30 heavy (non-hydrogen) atoms. The zero-order valence-electron chi connectivity index (χ0n) is 16.2. The van der Waals surface area contributed by atoms with E-state index in [0.29, 0.717) is 22.1 Å². The fraction of sp³-hybridized carbons (Fsp3) is 0.444. The monoisotopic (exact) mass is 444 g/mol. The van der Waals surface area contributed by atoms with Crippen LogP contribution in [0.1, 0.15) is 47.7 Å². The largest absolute Gasteiger partial charge is 0.301 e. The molecule has 0 bridgehead atoms. The molecule has 2 N–H and O–H groups in total. The van der Waals surface area contributed by atoms with Gasteiger partial charge in [0.25, 0.3) is 0 Å². The quantitative estimate of drug-likeness (QED) is 0.567. The predicted molar refractivity (Wildman–Crippen MR) is 112 cm³/mol. The molecule has 3 aromatic heterocycles. The fourth-order valence-corrected chi connectivity index (χ4v) is 5.30. The number of carbonyl (C=O) groups is 2. The van der Waals surface area contributed by atoms with Crippen molar-refractivity contribution in [2.45, 2.75) is 44.9 Å². The molecule has 1 aliphatic rings. The van der Waals surface area contributed by atoms with Crippen molar-refractivity contribution in [2.75, 3.05) is 10.6 Å². The lowest BCUT2D eigenvalue weighted by Gasteiger charge is -2.06. The Morgan fingerprint density at radius 3 is 2.60 bits per heavy atom. The van der Waals surface area contributed by atoms with Crippen molar-refractivity contribution >= 4 is 44.8 Å². The second kappa shape index (κ2) is 9.30. The van der Waals surface area contributed by atoms with Crippen LogP contribution in [-0.4, -0.2) is 42.2 Å². The zero-order chi connectivity index (χ0) is 20.9. The Labute approximate surface area is 180 Å². The number of anilines is 2. The standard InChI is InChI=1S/C18H20N8O2S2/c1-10(27)21-17-25-23-15(29-17)6-11-2-3-13(4-11)16-24-26-18(30-16)22-14(28)5-12-7-19-9-20-8-12/h7-9,11,13H,2-6H2,1H3,(H,21,25,27)(H,22,26,28)/t11-,13+/m1/s1. The summed E-state index contributed by atoms with van der Waals surface area (Å²) >= 11 is 2.85. The Kier molecular flexibility index (Phi) is 6.33. The van der Waals surface area contributed by atoms with Crippen LogP contribution in [0.25, 0.3) is 0 Å². The Morgan fingerprint density at radius 1 is 1.03 bits per heavy atom. The van der Waals surface area contributed by atoms with E-state index < -0.39 is 0 Å². The molecule has 3 heterocycles. The van der Waals surface area contributed by atoms with Crippen LogP contribution in [0, 0.1) is 5.92 Å². The molecule has 156 valence electrons. The van der Waals surface area contributed by atoms with Crippen LogP contribution < -0.4 is 10.6 Å². The summed E-state index contributed by atoms with van der Waals surface area (Å²) in [6.45, 7) is 1.46. The Bertz CT molecular complexity index is 1020. The molecule has 0 aliphatic heterocycles. The first-order chi connectivity index (χ1) is 14.5. The molecule has 1 saturated carbocycles.